The molecule has 0 radical (unpaired) electrons. The number of nitrogens with zero attached hydrogens (tertiary/aromatic N) is 3. The Hall–Kier alpha value is -3.67. The zero-order chi connectivity index (χ0) is 19.8. The number of rotatable bonds is 5. The van der Waals surface area contributed by atoms with Crippen LogP contribution in [-0.4, -0.2) is 39.6 Å². The van der Waals surface area contributed by atoms with Crippen molar-refractivity contribution in [2.45, 2.75) is 13.0 Å². The van der Waals surface area contributed by atoms with Crippen LogP contribution in [-0.2, 0) is 13.0 Å². The molecule has 6 nitrogen and oxygen atoms in total. The molecule has 0 spiro atoms. The van der Waals surface area contributed by atoms with Crippen LogP contribution >= 0.6 is 0 Å². The van der Waals surface area contributed by atoms with Crippen LogP contribution in [0.2, 0.25) is 0 Å². The molecule has 2 aromatic carbocycles. The molecule has 4 aromatic rings. The summed E-state index contributed by atoms with van der Waals surface area (Å²) < 4.78 is 5.52. The molecule has 0 saturated heterocycles. The molecule has 5 rings (SSSR count). The van der Waals surface area contributed by atoms with Gasteiger partial charge in [-0.1, -0.05) is 24.3 Å². The Morgan fingerprint density at radius 2 is 2.03 bits per heavy atom. The molecule has 0 aliphatic carbocycles. The number of methoxy groups -OCH3 is 1. The minimum absolute atomic E-state index is 0.0240. The first-order valence-electron chi connectivity index (χ1n) is 9.57. The lowest BCUT2D eigenvalue weighted by Crippen LogP contribution is -2.26. The van der Waals surface area contributed by atoms with Gasteiger partial charge in [-0.3, -0.25) is 14.9 Å². The number of carbonyl (C=O) groups is 1. The van der Waals surface area contributed by atoms with E-state index in [2.05, 4.69) is 22.3 Å². The standard InChI is InChI=1S/C23H20N4O2/c1-29-21-9-8-18(16-12-24-25-13-16)22-19(21)14-27(23(22)28)11-10-17-7-6-15-4-2-3-5-20(15)26-17/h2-9,12-13H,10-11,14H2,1H3,(H,24,25). The summed E-state index contributed by atoms with van der Waals surface area (Å²) in [5, 5.41) is 7.96. The maximum absolute atomic E-state index is 13.2. The average molecular weight is 384 g/mol. The molecule has 2 aromatic heterocycles. The van der Waals surface area contributed by atoms with E-state index in [1.165, 1.54) is 0 Å². The van der Waals surface area contributed by atoms with E-state index in [0.29, 0.717) is 25.1 Å². The van der Waals surface area contributed by atoms with E-state index >= 15 is 0 Å². The largest absolute Gasteiger partial charge is 0.496 e. The number of fused-ring (bicyclic) bond motifs is 2. The van der Waals surface area contributed by atoms with Crippen molar-refractivity contribution >= 4 is 16.8 Å². The highest BCUT2D eigenvalue weighted by atomic mass is 16.5. The van der Waals surface area contributed by atoms with Gasteiger partial charge in [0.2, 0.25) is 0 Å². The number of amides is 1. The summed E-state index contributed by atoms with van der Waals surface area (Å²) in [4.78, 5) is 19.8. The molecule has 0 unspecified atom stereocenters. The second kappa shape index (κ2) is 7.05. The monoisotopic (exact) mass is 384 g/mol. The van der Waals surface area contributed by atoms with E-state index in [4.69, 9.17) is 9.72 Å². The molecule has 0 fully saturated rings. The number of carbonyl (C=O) groups excluding carboxylic acids is 1. The molecular formula is C23H20N4O2. The highest BCUT2D eigenvalue weighted by Gasteiger charge is 2.33. The number of para-hydroxylation sites is 1. The van der Waals surface area contributed by atoms with Gasteiger partial charge in [-0.25, -0.2) is 0 Å². The maximum Gasteiger partial charge on any atom is 0.255 e. The van der Waals surface area contributed by atoms with Gasteiger partial charge in [0.05, 0.1) is 30.9 Å². The van der Waals surface area contributed by atoms with Crippen molar-refractivity contribution in [1.82, 2.24) is 20.1 Å². The van der Waals surface area contributed by atoms with Crippen molar-refractivity contribution in [3.8, 4) is 16.9 Å². The van der Waals surface area contributed by atoms with Crippen LogP contribution in [0, 0.1) is 0 Å². The first-order valence-corrected chi connectivity index (χ1v) is 9.57. The second-order valence-electron chi connectivity index (χ2n) is 7.13. The number of ether oxygens (including phenoxy) is 1. The summed E-state index contributed by atoms with van der Waals surface area (Å²) in [6, 6.07) is 16.0. The van der Waals surface area contributed by atoms with E-state index in [0.717, 1.165) is 39.0 Å². The fraction of sp³-hybridized carbons (Fsp3) is 0.174. The number of aromatic amines is 1. The summed E-state index contributed by atoms with van der Waals surface area (Å²) in [5.41, 5.74) is 5.38. The first-order chi connectivity index (χ1) is 14.2. The molecule has 0 bridgehead atoms. The summed E-state index contributed by atoms with van der Waals surface area (Å²) in [5.74, 6) is 0.766. The lowest BCUT2D eigenvalue weighted by atomic mass is 9.98. The summed E-state index contributed by atoms with van der Waals surface area (Å²) >= 11 is 0. The highest BCUT2D eigenvalue weighted by molar-refractivity contribution is 6.05. The lowest BCUT2D eigenvalue weighted by molar-refractivity contribution is 0.0780. The molecule has 1 amide bonds. The highest BCUT2D eigenvalue weighted by Crippen LogP contribution is 2.37. The van der Waals surface area contributed by atoms with Crippen LogP contribution in [0.5, 0.6) is 5.75 Å². The minimum atomic E-state index is 0.0240. The maximum atomic E-state index is 13.2. The SMILES string of the molecule is COc1ccc(-c2cn[nH]c2)c2c1CN(CCc1ccc3ccccc3n1)C2=O. The van der Waals surface area contributed by atoms with Gasteiger partial charge in [0, 0.05) is 41.4 Å². The molecule has 6 heteroatoms. The van der Waals surface area contributed by atoms with E-state index in [1.807, 2.05) is 41.3 Å². The van der Waals surface area contributed by atoms with Gasteiger partial charge in [0.25, 0.3) is 5.91 Å². The zero-order valence-corrected chi connectivity index (χ0v) is 16.1. The normalized spacial score (nSPS) is 13.1. The number of aromatic nitrogens is 3. The van der Waals surface area contributed by atoms with E-state index in [9.17, 15) is 4.79 Å². The quantitative estimate of drug-likeness (QED) is 0.568. The minimum Gasteiger partial charge on any atom is -0.496 e. The molecule has 144 valence electrons. The van der Waals surface area contributed by atoms with Gasteiger partial charge < -0.3 is 9.64 Å². The number of pyridine rings is 1. The molecule has 1 aliphatic heterocycles. The predicted octanol–water partition coefficient (Wildman–Crippen LogP) is 3.83. The Morgan fingerprint density at radius 3 is 2.86 bits per heavy atom. The van der Waals surface area contributed by atoms with E-state index < -0.39 is 0 Å². The Labute approximate surface area is 168 Å². The van der Waals surface area contributed by atoms with Crippen LogP contribution in [0.25, 0.3) is 22.0 Å². The Bertz CT molecular complexity index is 1200. The molecule has 0 atom stereocenters. The van der Waals surface area contributed by atoms with Crippen molar-refractivity contribution in [2.75, 3.05) is 13.7 Å². The van der Waals surface area contributed by atoms with Gasteiger partial charge in [0.1, 0.15) is 5.75 Å². The fourth-order valence-corrected chi connectivity index (χ4v) is 3.96. The fourth-order valence-electron chi connectivity index (χ4n) is 3.96. The Kier molecular flexibility index (Phi) is 4.24. The molecule has 0 saturated carbocycles. The third-order valence-electron chi connectivity index (χ3n) is 5.44. The van der Waals surface area contributed by atoms with Gasteiger partial charge in [-0.15, -0.1) is 0 Å². The molecule has 1 N–H and O–H groups in total. The molecule has 29 heavy (non-hydrogen) atoms. The Morgan fingerprint density at radius 1 is 1.14 bits per heavy atom. The van der Waals surface area contributed by atoms with Crippen molar-refractivity contribution in [3.05, 3.63) is 77.7 Å². The van der Waals surface area contributed by atoms with Gasteiger partial charge in [-0.05, 0) is 29.8 Å². The number of hydrogen-bond donors (Lipinski definition) is 1. The van der Waals surface area contributed by atoms with Crippen LogP contribution in [0.15, 0.2) is 60.9 Å². The average Bonchev–Trinajstić information content (AvgIpc) is 3.40. The number of hydrogen-bond acceptors (Lipinski definition) is 4. The number of H-pyrrole nitrogens is 1. The van der Waals surface area contributed by atoms with Crippen LogP contribution < -0.4 is 4.74 Å². The van der Waals surface area contributed by atoms with Crippen LogP contribution in [0.1, 0.15) is 21.6 Å². The third-order valence-corrected chi connectivity index (χ3v) is 5.44. The van der Waals surface area contributed by atoms with Crippen molar-refractivity contribution in [1.29, 1.82) is 0 Å². The van der Waals surface area contributed by atoms with Crippen molar-refractivity contribution in [2.24, 2.45) is 0 Å². The third kappa shape index (κ3) is 3.02. The van der Waals surface area contributed by atoms with Gasteiger partial charge in [0.15, 0.2) is 0 Å². The summed E-state index contributed by atoms with van der Waals surface area (Å²) in [6.07, 6.45) is 4.24. The smallest absolute Gasteiger partial charge is 0.255 e. The Balaban J connectivity index is 1.42. The van der Waals surface area contributed by atoms with Crippen molar-refractivity contribution in [3.63, 3.8) is 0 Å². The number of nitrogens with one attached hydrogen (secondary N) is 1. The van der Waals surface area contributed by atoms with E-state index in [1.54, 1.807) is 19.5 Å². The first kappa shape index (κ1) is 17.4. The molecular weight excluding hydrogens is 364 g/mol. The summed E-state index contributed by atoms with van der Waals surface area (Å²) in [6.45, 7) is 1.14. The predicted molar refractivity (Wildman–Crippen MR) is 111 cm³/mol. The van der Waals surface area contributed by atoms with Crippen LogP contribution in [0.4, 0.5) is 0 Å². The van der Waals surface area contributed by atoms with E-state index in [-0.39, 0.29) is 5.91 Å². The molecule has 3 heterocycles. The zero-order valence-electron chi connectivity index (χ0n) is 16.1. The van der Waals surface area contributed by atoms with Gasteiger partial charge >= 0.3 is 0 Å². The van der Waals surface area contributed by atoms with Gasteiger partial charge in [-0.2, -0.15) is 5.10 Å². The lowest BCUT2D eigenvalue weighted by Gasteiger charge is -2.15. The van der Waals surface area contributed by atoms with Crippen LogP contribution in [0.3, 0.4) is 0 Å². The molecule has 1 aliphatic rings. The summed E-state index contributed by atoms with van der Waals surface area (Å²) in [7, 11) is 1.64. The topological polar surface area (TPSA) is 71.1 Å². The van der Waals surface area contributed by atoms with Crippen molar-refractivity contribution < 1.29 is 9.53 Å². The second-order valence-corrected chi connectivity index (χ2v) is 7.13. The number of benzene rings is 2.